The third-order valence-corrected chi connectivity index (χ3v) is 3.26. The first kappa shape index (κ1) is 13.0. The average Bonchev–Trinajstić information content (AvgIpc) is 2.17. The molecule has 0 aliphatic carbocycles. The van der Waals surface area contributed by atoms with Gasteiger partial charge in [-0.15, -0.1) is 11.8 Å². The zero-order valence-corrected chi connectivity index (χ0v) is 11.0. The normalized spacial score (nSPS) is 11.5. The number of pyridine rings is 1. The maximum atomic E-state index is 11.9. The molecule has 0 amide bonds. The molecule has 0 radical (unpaired) electrons. The Hall–Kier alpha value is -1.03. The monoisotopic (exact) mass is 238 g/mol. The maximum Gasteiger partial charge on any atom is 0.176 e. The summed E-state index contributed by atoms with van der Waals surface area (Å²) < 4.78 is 0.0850. The van der Waals surface area contributed by atoms with Gasteiger partial charge >= 0.3 is 0 Å². The van der Waals surface area contributed by atoms with Crippen molar-refractivity contribution in [1.82, 2.24) is 4.98 Å². The summed E-state index contributed by atoms with van der Waals surface area (Å²) >= 11 is 1.62. The van der Waals surface area contributed by atoms with Crippen molar-refractivity contribution in [3.63, 3.8) is 0 Å². The number of ketones is 1. The molecular formula is C12H18N2OS. The molecule has 0 fully saturated rings. The molecule has 0 atom stereocenters. The van der Waals surface area contributed by atoms with Gasteiger partial charge in [0, 0.05) is 10.9 Å². The Morgan fingerprint density at radius 1 is 1.50 bits per heavy atom. The van der Waals surface area contributed by atoms with Crippen LogP contribution in [-0.2, 0) is 0 Å². The van der Waals surface area contributed by atoms with E-state index in [9.17, 15) is 4.79 Å². The number of nitrogen functional groups attached to an aromatic ring is 1. The number of aromatic nitrogens is 1. The molecular weight excluding hydrogens is 220 g/mol. The molecule has 0 bridgehead atoms. The molecule has 88 valence electrons. The smallest absolute Gasteiger partial charge is 0.176 e. The highest BCUT2D eigenvalue weighted by atomic mass is 32.2. The first-order valence-electron chi connectivity index (χ1n) is 5.19. The summed E-state index contributed by atoms with van der Waals surface area (Å²) in [6.07, 6.45) is 1.67. The van der Waals surface area contributed by atoms with E-state index in [4.69, 9.17) is 5.73 Å². The third-order valence-electron chi connectivity index (χ3n) is 1.99. The summed E-state index contributed by atoms with van der Waals surface area (Å²) in [5, 5.41) is 0. The number of thioether (sulfide) groups is 1. The van der Waals surface area contributed by atoms with Crippen LogP contribution in [0.25, 0.3) is 0 Å². The first-order valence-corrected chi connectivity index (χ1v) is 6.17. The Labute approximate surface area is 101 Å². The van der Waals surface area contributed by atoms with Gasteiger partial charge in [0.2, 0.25) is 0 Å². The van der Waals surface area contributed by atoms with E-state index >= 15 is 0 Å². The Bertz CT molecular complexity index is 396. The minimum Gasteiger partial charge on any atom is -0.383 e. The van der Waals surface area contributed by atoms with Crippen molar-refractivity contribution < 1.29 is 4.79 Å². The Morgan fingerprint density at radius 2 is 2.12 bits per heavy atom. The van der Waals surface area contributed by atoms with Gasteiger partial charge in [-0.1, -0.05) is 20.8 Å². The summed E-state index contributed by atoms with van der Waals surface area (Å²) in [5.74, 6) is 0.817. The number of Topliss-reactive ketones (excluding diaryl/α,β-unsaturated/α-hetero) is 1. The quantitative estimate of drug-likeness (QED) is 0.823. The zero-order valence-electron chi connectivity index (χ0n) is 10.2. The molecule has 0 spiro atoms. The number of hydrogen-bond acceptors (Lipinski definition) is 4. The van der Waals surface area contributed by atoms with Gasteiger partial charge in [-0.3, -0.25) is 4.79 Å². The van der Waals surface area contributed by atoms with Crippen molar-refractivity contribution in [2.24, 2.45) is 0 Å². The second kappa shape index (κ2) is 4.87. The molecule has 0 unspecified atom stereocenters. The minimum atomic E-state index is 0.0497. The van der Waals surface area contributed by atoms with E-state index in [0.29, 0.717) is 17.1 Å². The van der Waals surface area contributed by atoms with E-state index in [1.165, 1.54) is 0 Å². The molecule has 0 saturated heterocycles. The van der Waals surface area contributed by atoms with Crippen LogP contribution in [0.3, 0.4) is 0 Å². The fraction of sp³-hybridized carbons (Fsp3) is 0.500. The molecule has 1 rings (SSSR count). The summed E-state index contributed by atoms with van der Waals surface area (Å²) in [7, 11) is 0. The predicted molar refractivity (Wildman–Crippen MR) is 69.9 cm³/mol. The van der Waals surface area contributed by atoms with Gasteiger partial charge in [0.25, 0.3) is 0 Å². The molecule has 0 aromatic carbocycles. The van der Waals surface area contributed by atoms with Gasteiger partial charge in [0.05, 0.1) is 11.3 Å². The van der Waals surface area contributed by atoms with E-state index in [0.717, 1.165) is 5.56 Å². The van der Waals surface area contributed by atoms with Crippen LogP contribution in [0.1, 0.15) is 36.7 Å². The van der Waals surface area contributed by atoms with Crippen molar-refractivity contribution in [3.8, 4) is 0 Å². The van der Waals surface area contributed by atoms with Gasteiger partial charge in [-0.05, 0) is 18.6 Å². The van der Waals surface area contributed by atoms with Crippen LogP contribution < -0.4 is 5.73 Å². The van der Waals surface area contributed by atoms with Gasteiger partial charge in [0.15, 0.2) is 5.78 Å². The Morgan fingerprint density at radius 3 is 2.69 bits per heavy atom. The highest BCUT2D eigenvalue weighted by molar-refractivity contribution is 8.01. The summed E-state index contributed by atoms with van der Waals surface area (Å²) in [4.78, 5) is 15.9. The lowest BCUT2D eigenvalue weighted by atomic mass is 10.1. The van der Waals surface area contributed by atoms with Crippen LogP contribution in [0.5, 0.6) is 0 Å². The number of anilines is 1. The number of nitrogens with zero attached hydrogens (tertiary/aromatic N) is 1. The first-order chi connectivity index (χ1) is 7.29. The van der Waals surface area contributed by atoms with Crippen molar-refractivity contribution in [2.75, 3.05) is 11.5 Å². The number of carbonyl (C=O) groups excluding carboxylic acids is 1. The molecule has 0 aliphatic rings. The molecule has 16 heavy (non-hydrogen) atoms. The number of carbonyl (C=O) groups is 1. The van der Waals surface area contributed by atoms with E-state index in [-0.39, 0.29) is 10.5 Å². The van der Waals surface area contributed by atoms with Gasteiger partial charge < -0.3 is 5.73 Å². The summed E-state index contributed by atoms with van der Waals surface area (Å²) in [6.45, 7) is 8.16. The van der Waals surface area contributed by atoms with Crippen LogP contribution in [0, 0.1) is 6.92 Å². The lowest BCUT2D eigenvalue weighted by molar-refractivity contribution is 0.102. The van der Waals surface area contributed by atoms with Gasteiger partial charge in [0.1, 0.15) is 5.82 Å². The Kier molecular flexibility index (Phi) is 3.97. The number of rotatable bonds is 3. The van der Waals surface area contributed by atoms with Crippen LogP contribution in [0.2, 0.25) is 0 Å². The number of aryl methyl sites for hydroxylation is 1. The summed E-state index contributed by atoms with van der Waals surface area (Å²) in [5.41, 5.74) is 7.18. The molecule has 1 aromatic heterocycles. The van der Waals surface area contributed by atoms with E-state index in [2.05, 4.69) is 25.8 Å². The van der Waals surface area contributed by atoms with Gasteiger partial charge in [-0.25, -0.2) is 4.98 Å². The van der Waals surface area contributed by atoms with Gasteiger partial charge in [-0.2, -0.15) is 0 Å². The van der Waals surface area contributed by atoms with Crippen molar-refractivity contribution in [1.29, 1.82) is 0 Å². The van der Waals surface area contributed by atoms with Crippen molar-refractivity contribution >= 4 is 23.4 Å². The van der Waals surface area contributed by atoms with E-state index in [1.54, 1.807) is 24.0 Å². The predicted octanol–water partition coefficient (Wildman–Crippen LogP) is 2.69. The second-order valence-electron chi connectivity index (χ2n) is 4.77. The van der Waals surface area contributed by atoms with E-state index in [1.807, 2.05) is 6.92 Å². The molecule has 4 heteroatoms. The molecule has 3 nitrogen and oxygen atoms in total. The average molecular weight is 238 g/mol. The summed E-state index contributed by atoms with van der Waals surface area (Å²) in [6, 6.07) is 1.80. The number of hydrogen-bond donors (Lipinski definition) is 1. The number of nitrogens with two attached hydrogens (primary N) is 1. The highest BCUT2D eigenvalue weighted by Gasteiger charge is 2.16. The van der Waals surface area contributed by atoms with Crippen LogP contribution in [-0.4, -0.2) is 21.3 Å². The second-order valence-corrected chi connectivity index (χ2v) is 6.57. The largest absolute Gasteiger partial charge is 0.383 e. The molecule has 0 aliphatic heterocycles. The topological polar surface area (TPSA) is 56.0 Å². The zero-order chi connectivity index (χ0) is 12.3. The molecule has 2 N–H and O–H groups in total. The maximum absolute atomic E-state index is 11.9. The third kappa shape index (κ3) is 3.85. The standard InChI is InChI=1S/C12H18N2OS/c1-8-5-9(11(13)14-6-8)10(15)7-16-12(2,3)4/h5-6H,7H2,1-4H3,(H2,13,14). The molecule has 1 heterocycles. The van der Waals surface area contributed by atoms with Crippen LogP contribution >= 0.6 is 11.8 Å². The van der Waals surface area contributed by atoms with E-state index < -0.39 is 0 Å². The van der Waals surface area contributed by atoms with Crippen LogP contribution in [0.4, 0.5) is 5.82 Å². The fourth-order valence-corrected chi connectivity index (χ4v) is 1.88. The Balaban J connectivity index is 2.77. The molecule has 1 aromatic rings. The van der Waals surface area contributed by atoms with Crippen molar-refractivity contribution in [2.45, 2.75) is 32.4 Å². The lowest BCUT2D eigenvalue weighted by Crippen LogP contribution is -2.14. The lowest BCUT2D eigenvalue weighted by Gasteiger charge is -2.17. The fourth-order valence-electron chi connectivity index (χ4n) is 1.16. The van der Waals surface area contributed by atoms with Crippen molar-refractivity contribution in [3.05, 3.63) is 23.4 Å². The van der Waals surface area contributed by atoms with Crippen LogP contribution in [0.15, 0.2) is 12.3 Å². The SMILES string of the molecule is Cc1cnc(N)c(C(=O)CSC(C)(C)C)c1. The highest BCUT2D eigenvalue weighted by Crippen LogP contribution is 2.24. The molecule has 0 saturated carbocycles. The minimum absolute atomic E-state index is 0.0497.